The monoisotopic (exact) mass is 549 g/mol. The van der Waals surface area contributed by atoms with Gasteiger partial charge in [-0.3, -0.25) is 14.4 Å². The second kappa shape index (κ2) is 11.5. The van der Waals surface area contributed by atoms with E-state index >= 15 is 0 Å². The van der Waals surface area contributed by atoms with Crippen LogP contribution in [-0.2, 0) is 4.79 Å². The van der Waals surface area contributed by atoms with Gasteiger partial charge in [-0.25, -0.2) is 5.10 Å². The number of allylic oxidation sites excluding steroid dienone is 3. The molecular formula is C29H32ClN5O4. The van der Waals surface area contributed by atoms with Crippen molar-refractivity contribution in [2.45, 2.75) is 59.0 Å². The van der Waals surface area contributed by atoms with Crippen LogP contribution < -0.4 is 15.6 Å². The fourth-order valence-electron chi connectivity index (χ4n) is 5.26. The number of benzene rings is 1. The van der Waals surface area contributed by atoms with Crippen LogP contribution in [0, 0.1) is 36.5 Å². The molecule has 9 nitrogen and oxygen atoms in total. The second-order valence-corrected chi connectivity index (χ2v) is 11.1. The first-order valence-electron chi connectivity index (χ1n) is 12.9. The number of H-pyrrole nitrogens is 1. The fraction of sp³-hybridized carbons (Fsp3) is 0.414. The average Bonchev–Trinajstić information content (AvgIpc) is 3.37. The van der Waals surface area contributed by atoms with Gasteiger partial charge in [-0.15, -0.1) is 0 Å². The minimum absolute atomic E-state index is 0.0493. The Labute approximate surface area is 232 Å². The fourth-order valence-corrected chi connectivity index (χ4v) is 5.52. The van der Waals surface area contributed by atoms with E-state index in [1.165, 1.54) is 6.07 Å². The number of rotatable bonds is 7. The standard InChI is InChI=1S/C29H32ClN5O4/c1-17-12-20(8-10-23(17)39-24-13-18(2)33-34-28(24)38)27(37)32-15-26(36)35-22(19-6-5-7-21(30)14-19)9-11-25(35)29(3,4)16-31/h5,7-8,10,12-14,19,22,25H,6,9,11,15H2,1-4H3,(H,32,37)(H,34,38)/t19?,22-,25+/m0/s1. The lowest BCUT2D eigenvalue weighted by molar-refractivity contribution is -0.135. The Morgan fingerprint density at radius 2 is 2.03 bits per heavy atom. The predicted octanol–water partition coefficient (Wildman–Crippen LogP) is 4.52. The number of nitrogens with one attached hydrogen (secondary N) is 2. The van der Waals surface area contributed by atoms with E-state index in [4.69, 9.17) is 16.3 Å². The molecule has 204 valence electrons. The van der Waals surface area contributed by atoms with Crippen molar-refractivity contribution in [1.82, 2.24) is 20.4 Å². The molecule has 2 heterocycles. The lowest BCUT2D eigenvalue weighted by atomic mass is 9.84. The number of amides is 2. The van der Waals surface area contributed by atoms with Gasteiger partial charge < -0.3 is 15.0 Å². The van der Waals surface area contributed by atoms with Crippen LogP contribution in [-0.4, -0.2) is 45.5 Å². The molecule has 0 radical (unpaired) electrons. The highest BCUT2D eigenvalue weighted by molar-refractivity contribution is 6.31. The van der Waals surface area contributed by atoms with Gasteiger partial charge in [0.2, 0.25) is 5.91 Å². The van der Waals surface area contributed by atoms with Crippen molar-refractivity contribution in [3.63, 3.8) is 0 Å². The summed E-state index contributed by atoms with van der Waals surface area (Å²) in [5.74, 6) is -0.0667. The molecule has 0 saturated carbocycles. The number of ether oxygens (including phenoxy) is 1. The van der Waals surface area contributed by atoms with Crippen LogP contribution in [0.1, 0.15) is 54.7 Å². The summed E-state index contributed by atoms with van der Waals surface area (Å²) in [6.45, 7) is 6.98. The zero-order valence-corrected chi connectivity index (χ0v) is 23.2. The Hall–Kier alpha value is -3.90. The number of halogens is 1. The predicted molar refractivity (Wildman–Crippen MR) is 147 cm³/mol. The van der Waals surface area contributed by atoms with E-state index in [1.54, 1.807) is 36.9 Å². The lowest BCUT2D eigenvalue weighted by Crippen LogP contribution is -2.52. The number of aryl methyl sites for hydroxylation is 2. The molecule has 2 aromatic rings. The van der Waals surface area contributed by atoms with Crippen LogP contribution in [0.2, 0.25) is 0 Å². The van der Waals surface area contributed by atoms with Crippen LogP contribution in [0.4, 0.5) is 0 Å². The van der Waals surface area contributed by atoms with E-state index in [1.807, 2.05) is 32.1 Å². The van der Waals surface area contributed by atoms with Crippen LogP contribution in [0.25, 0.3) is 0 Å². The van der Waals surface area contributed by atoms with Crippen molar-refractivity contribution in [2.24, 2.45) is 11.3 Å². The lowest BCUT2D eigenvalue weighted by Gasteiger charge is -2.39. The number of aromatic nitrogens is 2. The third-order valence-electron chi connectivity index (χ3n) is 7.35. The normalized spacial score (nSPS) is 20.8. The first kappa shape index (κ1) is 28.1. The van der Waals surface area contributed by atoms with E-state index in [2.05, 4.69) is 21.6 Å². The van der Waals surface area contributed by atoms with Gasteiger partial charge in [0.05, 0.1) is 29.8 Å². The van der Waals surface area contributed by atoms with Crippen molar-refractivity contribution in [3.8, 4) is 17.6 Å². The molecule has 1 fully saturated rings. The molecule has 0 bridgehead atoms. The van der Waals surface area contributed by atoms with Crippen molar-refractivity contribution < 1.29 is 14.3 Å². The van der Waals surface area contributed by atoms with Crippen molar-refractivity contribution in [2.75, 3.05) is 6.54 Å². The molecule has 2 N–H and O–H groups in total. The number of carbonyl (C=O) groups excluding carboxylic acids is 2. The Kier molecular flexibility index (Phi) is 8.26. The topological polar surface area (TPSA) is 128 Å². The number of nitrogens with zero attached hydrogens (tertiary/aromatic N) is 3. The summed E-state index contributed by atoms with van der Waals surface area (Å²) in [4.78, 5) is 40.3. The molecule has 1 aliphatic carbocycles. The van der Waals surface area contributed by atoms with Gasteiger partial charge in [0, 0.05) is 28.6 Å². The molecule has 1 aliphatic heterocycles. The summed E-state index contributed by atoms with van der Waals surface area (Å²) in [6.07, 6.45) is 8.05. The van der Waals surface area contributed by atoms with Crippen molar-refractivity contribution in [1.29, 1.82) is 5.26 Å². The maximum absolute atomic E-state index is 13.5. The molecule has 10 heteroatoms. The van der Waals surface area contributed by atoms with Crippen molar-refractivity contribution >= 4 is 23.4 Å². The Morgan fingerprint density at radius 1 is 1.26 bits per heavy atom. The molecule has 3 atom stereocenters. The first-order valence-corrected chi connectivity index (χ1v) is 13.3. The Morgan fingerprint density at radius 3 is 2.72 bits per heavy atom. The summed E-state index contributed by atoms with van der Waals surface area (Å²) < 4.78 is 5.73. The van der Waals surface area contributed by atoms with Crippen LogP contribution in [0.5, 0.6) is 11.5 Å². The van der Waals surface area contributed by atoms with Gasteiger partial charge in [0.15, 0.2) is 5.75 Å². The number of aromatic amines is 1. The third-order valence-corrected chi connectivity index (χ3v) is 7.60. The van der Waals surface area contributed by atoms with Crippen LogP contribution in [0.3, 0.4) is 0 Å². The molecule has 4 rings (SSSR count). The summed E-state index contributed by atoms with van der Waals surface area (Å²) >= 11 is 6.26. The van der Waals surface area contributed by atoms with E-state index in [0.29, 0.717) is 34.0 Å². The average molecular weight is 550 g/mol. The van der Waals surface area contributed by atoms with Gasteiger partial charge in [-0.2, -0.15) is 10.4 Å². The zero-order valence-electron chi connectivity index (χ0n) is 22.5. The number of hydrogen-bond donors (Lipinski definition) is 2. The Bertz CT molecular complexity index is 1440. The second-order valence-electron chi connectivity index (χ2n) is 10.6. The SMILES string of the molecule is Cc1cc(Oc2ccc(C(=O)NCC(=O)N3[C@H](C4C=C(Cl)C=CC4)CC[C@@H]3C(C)(C)C#N)cc2C)c(=O)[nH]n1. The number of nitriles is 1. The summed E-state index contributed by atoms with van der Waals surface area (Å²) in [7, 11) is 0. The number of carbonyl (C=O) groups is 2. The van der Waals surface area contributed by atoms with Crippen molar-refractivity contribution in [3.05, 3.63) is 74.7 Å². The van der Waals surface area contributed by atoms with Gasteiger partial charge in [-0.1, -0.05) is 23.8 Å². The molecule has 0 spiro atoms. The quantitative estimate of drug-likeness (QED) is 0.522. The summed E-state index contributed by atoms with van der Waals surface area (Å²) in [5.41, 5.74) is 0.399. The summed E-state index contributed by atoms with van der Waals surface area (Å²) in [6, 6.07) is 8.33. The number of likely N-dealkylation sites (tertiary alicyclic amines) is 1. The van der Waals surface area contributed by atoms with E-state index in [0.717, 1.165) is 12.8 Å². The molecule has 1 aromatic heterocycles. The first-order chi connectivity index (χ1) is 18.5. The molecule has 1 aromatic carbocycles. The smallest absolute Gasteiger partial charge is 0.307 e. The van der Waals surface area contributed by atoms with Crippen LogP contribution in [0.15, 0.2) is 52.3 Å². The molecule has 1 unspecified atom stereocenters. The van der Waals surface area contributed by atoms with E-state index < -0.39 is 16.9 Å². The van der Waals surface area contributed by atoms with E-state index in [-0.39, 0.29) is 36.2 Å². The van der Waals surface area contributed by atoms with Gasteiger partial charge in [-0.05, 0) is 76.8 Å². The van der Waals surface area contributed by atoms with E-state index in [9.17, 15) is 19.6 Å². The number of hydrogen-bond acceptors (Lipinski definition) is 6. The highest BCUT2D eigenvalue weighted by Gasteiger charge is 2.46. The summed E-state index contributed by atoms with van der Waals surface area (Å²) in [5, 5.41) is 19.4. The third kappa shape index (κ3) is 6.23. The van der Waals surface area contributed by atoms with Crippen LogP contribution >= 0.6 is 11.6 Å². The molecule has 1 saturated heterocycles. The maximum Gasteiger partial charge on any atom is 0.307 e. The minimum atomic E-state index is -0.742. The largest absolute Gasteiger partial charge is 0.451 e. The highest BCUT2D eigenvalue weighted by atomic mass is 35.5. The van der Waals surface area contributed by atoms with Gasteiger partial charge in [0.1, 0.15) is 5.75 Å². The van der Waals surface area contributed by atoms with Gasteiger partial charge in [0.25, 0.3) is 5.91 Å². The maximum atomic E-state index is 13.5. The molecule has 39 heavy (non-hydrogen) atoms. The van der Waals surface area contributed by atoms with Gasteiger partial charge >= 0.3 is 5.56 Å². The Balaban J connectivity index is 1.46. The molecule has 2 amide bonds. The molecular weight excluding hydrogens is 518 g/mol. The zero-order chi connectivity index (χ0) is 28.3. The molecule has 2 aliphatic rings. The highest BCUT2D eigenvalue weighted by Crippen LogP contribution is 2.41. The minimum Gasteiger partial charge on any atom is -0.451 e.